The van der Waals surface area contributed by atoms with E-state index in [1.165, 1.54) is 22.3 Å². The highest BCUT2D eigenvalue weighted by Crippen LogP contribution is 2.62. The molecular formula is C38H57NO. The number of hydrogen-bond acceptors (Lipinski definition) is 2. The van der Waals surface area contributed by atoms with Gasteiger partial charge in [-0.25, -0.2) is 0 Å². The normalized spacial score (nSPS) is 22.8. The van der Waals surface area contributed by atoms with E-state index in [0.29, 0.717) is 0 Å². The molecule has 1 heterocycles. The van der Waals surface area contributed by atoms with Crippen LogP contribution in [0.1, 0.15) is 121 Å². The number of allylic oxidation sites excluding steroid dienone is 2. The highest BCUT2D eigenvalue weighted by molar-refractivity contribution is 5.49. The first-order chi connectivity index (χ1) is 18.2. The van der Waals surface area contributed by atoms with Crippen LogP contribution in [0.25, 0.3) is 6.08 Å². The highest BCUT2D eigenvalue weighted by Gasteiger charge is 2.63. The quantitative estimate of drug-likeness (QED) is 0.307. The van der Waals surface area contributed by atoms with Crippen molar-refractivity contribution < 1.29 is 4.74 Å². The Morgan fingerprint density at radius 1 is 0.800 bits per heavy atom. The van der Waals surface area contributed by atoms with E-state index < -0.39 is 0 Å². The van der Waals surface area contributed by atoms with E-state index in [4.69, 9.17) is 4.74 Å². The minimum Gasteiger partial charge on any atom is -0.484 e. The van der Waals surface area contributed by atoms with Crippen molar-refractivity contribution in [3.05, 3.63) is 82.9 Å². The summed E-state index contributed by atoms with van der Waals surface area (Å²) in [7, 11) is 0. The molecule has 220 valence electrons. The molecule has 1 aliphatic rings. The zero-order valence-electron chi connectivity index (χ0n) is 28.1. The van der Waals surface area contributed by atoms with Crippen LogP contribution in [-0.4, -0.2) is 21.6 Å². The Hall–Kier alpha value is -2.32. The average molecular weight is 544 g/mol. The molecule has 2 aromatic carbocycles. The second-order valence-electron chi connectivity index (χ2n) is 15.4. The van der Waals surface area contributed by atoms with Crippen molar-refractivity contribution in [3.8, 4) is 5.75 Å². The summed E-state index contributed by atoms with van der Waals surface area (Å²) >= 11 is 0. The van der Waals surface area contributed by atoms with Gasteiger partial charge in [0.05, 0.1) is 0 Å². The topological polar surface area (TPSA) is 12.5 Å². The molecule has 0 radical (unpaired) electrons. The second-order valence-corrected chi connectivity index (χ2v) is 15.4. The number of piperidine rings is 1. The zero-order chi connectivity index (χ0) is 30.4. The van der Waals surface area contributed by atoms with Crippen LogP contribution in [0, 0.1) is 10.8 Å². The number of nitrogens with zero attached hydrogens (tertiary/aromatic N) is 1. The number of ether oxygens (including phenoxy) is 1. The summed E-state index contributed by atoms with van der Waals surface area (Å²) in [6.07, 6.45) is 6.89. The lowest BCUT2D eigenvalue weighted by Crippen LogP contribution is -2.75. The molecule has 0 aliphatic carbocycles. The summed E-state index contributed by atoms with van der Waals surface area (Å²) in [4.78, 5) is 2.83. The third-order valence-corrected chi connectivity index (χ3v) is 10.9. The summed E-state index contributed by atoms with van der Waals surface area (Å²) in [6, 6.07) is 19.6. The van der Waals surface area contributed by atoms with Crippen molar-refractivity contribution in [1.82, 2.24) is 4.90 Å². The number of benzene rings is 2. The van der Waals surface area contributed by atoms with Crippen molar-refractivity contribution in [1.29, 1.82) is 0 Å². The Morgan fingerprint density at radius 3 is 1.88 bits per heavy atom. The third kappa shape index (κ3) is 5.85. The maximum atomic E-state index is 6.49. The lowest BCUT2D eigenvalue weighted by Gasteiger charge is -2.71. The van der Waals surface area contributed by atoms with Crippen molar-refractivity contribution in [3.63, 3.8) is 0 Å². The van der Waals surface area contributed by atoms with Gasteiger partial charge in [0, 0.05) is 16.6 Å². The molecule has 0 aromatic heterocycles. The van der Waals surface area contributed by atoms with Crippen LogP contribution in [-0.2, 0) is 5.54 Å². The van der Waals surface area contributed by atoms with E-state index in [2.05, 4.69) is 169 Å². The first kappa shape index (κ1) is 32.2. The number of likely N-dealkylation sites (tertiary alicyclic amines) is 1. The van der Waals surface area contributed by atoms with E-state index in [-0.39, 0.29) is 33.0 Å². The maximum absolute atomic E-state index is 6.49. The molecule has 40 heavy (non-hydrogen) atoms. The van der Waals surface area contributed by atoms with Crippen LogP contribution in [0.5, 0.6) is 5.75 Å². The van der Waals surface area contributed by atoms with Gasteiger partial charge >= 0.3 is 0 Å². The second kappa shape index (κ2) is 10.8. The van der Waals surface area contributed by atoms with Crippen LogP contribution in [0.15, 0.2) is 71.8 Å². The fourth-order valence-corrected chi connectivity index (χ4v) is 7.45. The molecule has 1 fully saturated rings. The van der Waals surface area contributed by atoms with Gasteiger partial charge in [-0.05, 0) is 129 Å². The standard InChI is InChI=1S/C38H57NO/c1-28(2)29(3)35(8,9)40-32-24-22-31(23-25-32)34(6,7)39-36(10,11)33(4,5)27-38(14,37(39,12)13)26-18-21-30-19-16-15-17-20-30/h15-25H,26-27H2,1-14H3/b21-18+. The van der Waals surface area contributed by atoms with Crippen molar-refractivity contribution >= 4 is 6.08 Å². The fourth-order valence-electron chi connectivity index (χ4n) is 7.45. The smallest absolute Gasteiger partial charge is 0.124 e. The molecule has 0 bridgehead atoms. The Bertz CT molecular complexity index is 1220. The van der Waals surface area contributed by atoms with Gasteiger partial charge in [-0.3, -0.25) is 4.90 Å². The third-order valence-electron chi connectivity index (χ3n) is 10.9. The first-order valence-corrected chi connectivity index (χ1v) is 15.2. The average Bonchev–Trinajstić information content (AvgIpc) is 2.82. The van der Waals surface area contributed by atoms with Crippen molar-refractivity contribution in [2.75, 3.05) is 0 Å². The van der Waals surface area contributed by atoms with E-state index in [9.17, 15) is 0 Å². The number of hydrogen-bond donors (Lipinski definition) is 0. The molecule has 2 aromatic rings. The molecule has 0 spiro atoms. The van der Waals surface area contributed by atoms with Crippen molar-refractivity contribution in [2.24, 2.45) is 10.8 Å². The lowest BCUT2D eigenvalue weighted by atomic mass is 9.51. The Kier molecular flexibility index (Phi) is 8.71. The van der Waals surface area contributed by atoms with Gasteiger partial charge in [-0.15, -0.1) is 0 Å². The van der Waals surface area contributed by atoms with Gasteiger partial charge in [0.2, 0.25) is 0 Å². The van der Waals surface area contributed by atoms with Gasteiger partial charge < -0.3 is 4.74 Å². The van der Waals surface area contributed by atoms with Crippen LogP contribution in [0.3, 0.4) is 0 Å². The molecule has 0 amide bonds. The van der Waals surface area contributed by atoms with Crippen LogP contribution < -0.4 is 4.74 Å². The van der Waals surface area contributed by atoms with E-state index in [1.807, 2.05) is 0 Å². The molecule has 2 nitrogen and oxygen atoms in total. The Balaban J connectivity index is 2.00. The van der Waals surface area contributed by atoms with Crippen LogP contribution in [0.2, 0.25) is 0 Å². The molecule has 1 saturated heterocycles. The van der Waals surface area contributed by atoms with Gasteiger partial charge in [-0.2, -0.15) is 0 Å². The largest absolute Gasteiger partial charge is 0.484 e. The van der Waals surface area contributed by atoms with E-state index >= 15 is 0 Å². The lowest BCUT2D eigenvalue weighted by molar-refractivity contribution is -0.214. The Labute approximate surface area is 246 Å². The van der Waals surface area contributed by atoms with E-state index in [1.54, 1.807) is 0 Å². The number of rotatable bonds is 8. The molecular weight excluding hydrogens is 486 g/mol. The summed E-state index contributed by atoms with van der Waals surface area (Å²) < 4.78 is 6.49. The van der Waals surface area contributed by atoms with Gasteiger partial charge in [0.25, 0.3) is 0 Å². The first-order valence-electron chi connectivity index (χ1n) is 15.2. The SMILES string of the molecule is CC(C)=C(C)C(C)(C)Oc1ccc(C(C)(C)N2C(C)(C)C(C)(C)CC(C)(C/C=C/c3ccccc3)C2(C)C)cc1. The molecule has 2 heteroatoms. The molecule has 0 saturated carbocycles. The van der Waals surface area contributed by atoms with E-state index in [0.717, 1.165) is 18.6 Å². The van der Waals surface area contributed by atoms with Gasteiger partial charge in [-0.1, -0.05) is 81.0 Å². The summed E-state index contributed by atoms with van der Waals surface area (Å²) in [6.45, 7) is 32.9. The zero-order valence-corrected chi connectivity index (χ0v) is 28.1. The van der Waals surface area contributed by atoms with Gasteiger partial charge in [0.15, 0.2) is 0 Å². The molecule has 1 aliphatic heterocycles. The summed E-state index contributed by atoms with van der Waals surface area (Å²) in [5, 5.41) is 0. The van der Waals surface area contributed by atoms with Gasteiger partial charge in [0.1, 0.15) is 11.4 Å². The Morgan fingerprint density at radius 2 is 1.35 bits per heavy atom. The van der Waals surface area contributed by atoms with Crippen molar-refractivity contribution in [2.45, 2.75) is 132 Å². The minimum absolute atomic E-state index is 0.0274. The minimum atomic E-state index is -0.341. The predicted octanol–water partition coefficient (Wildman–Crippen LogP) is 10.8. The predicted molar refractivity (Wildman–Crippen MR) is 175 cm³/mol. The monoisotopic (exact) mass is 543 g/mol. The van der Waals surface area contributed by atoms with Crippen LogP contribution in [0.4, 0.5) is 0 Å². The highest BCUT2D eigenvalue weighted by atomic mass is 16.5. The molecule has 1 atom stereocenters. The van der Waals surface area contributed by atoms with Crippen LogP contribution >= 0.6 is 0 Å². The summed E-state index contributed by atoms with van der Waals surface area (Å²) in [5.41, 5.74) is 4.74. The maximum Gasteiger partial charge on any atom is 0.124 e. The molecule has 3 rings (SSSR count). The molecule has 1 unspecified atom stereocenters. The summed E-state index contributed by atoms with van der Waals surface area (Å²) in [5.74, 6) is 0.915. The fraction of sp³-hybridized carbons (Fsp3) is 0.579. The molecule has 0 N–H and O–H groups in total.